The minimum Gasteiger partial charge on any atom is -0.410 e. The summed E-state index contributed by atoms with van der Waals surface area (Å²) in [7, 11) is -2.61. The third-order valence-electron chi connectivity index (χ3n) is 4.99. The normalized spacial score (nSPS) is 11.8. The monoisotopic (exact) mass is 405 g/mol. The van der Waals surface area contributed by atoms with Crippen molar-refractivity contribution in [1.82, 2.24) is 0 Å². The highest BCUT2D eigenvalue weighted by molar-refractivity contribution is 6.99. The summed E-state index contributed by atoms with van der Waals surface area (Å²) in [4.78, 5) is 11.1. The summed E-state index contributed by atoms with van der Waals surface area (Å²) in [5.74, 6) is 0.418. The smallest absolute Gasteiger partial charge is 0.409 e. The van der Waals surface area contributed by atoms with Crippen molar-refractivity contribution in [2.75, 3.05) is 0 Å². The van der Waals surface area contributed by atoms with Gasteiger partial charge < -0.3 is 14.9 Å². The number of carbonyl (C=O) groups is 1. The van der Waals surface area contributed by atoms with Crippen LogP contribution in [0.15, 0.2) is 84.9 Å². The number of amides is 1. The van der Waals surface area contributed by atoms with Gasteiger partial charge in [0.15, 0.2) is 0 Å². The molecular weight excluding hydrogens is 378 g/mol. The lowest BCUT2D eigenvalue weighted by Gasteiger charge is -2.43. The first-order valence-electron chi connectivity index (χ1n) is 9.64. The zero-order valence-corrected chi connectivity index (χ0v) is 18.1. The van der Waals surface area contributed by atoms with Crippen LogP contribution in [0.3, 0.4) is 0 Å². The van der Waals surface area contributed by atoms with E-state index in [1.54, 1.807) is 12.1 Å². The van der Waals surface area contributed by atoms with Crippen molar-refractivity contribution in [2.24, 2.45) is 5.73 Å². The summed E-state index contributed by atoms with van der Waals surface area (Å²) >= 11 is 0. The highest BCUT2D eigenvalue weighted by atomic mass is 28.4. The van der Waals surface area contributed by atoms with E-state index in [1.165, 1.54) is 10.4 Å². The van der Waals surface area contributed by atoms with Crippen molar-refractivity contribution in [2.45, 2.75) is 32.4 Å². The molecule has 0 aromatic heterocycles. The summed E-state index contributed by atoms with van der Waals surface area (Å²) in [6, 6.07) is 28.3. The van der Waals surface area contributed by atoms with Crippen LogP contribution < -0.4 is 20.8 Å². The van der Waals surface area contributed by atoms with Gasteiger partial charge in [-0.2, -0.15) is 0 Å². The number of ether oxygens (including phenoxy) is 1. The molecule has 150 valence electrons. The van der Waals surface area contributed by atoms with E-state index in [1.807, 2.05) is 24.3 Å². The molecule has 3 aromatic rings. The molecule has 0 atom stereocenters. The second-order valence-electron chi connectivity index (χ2n) is 8.02. The molecule has 0 radical (unpaired) electrons. The van der Waals surface area contributed by atoms with Gasteiger partial charge in [-0.05, 0) is 33.1 Å². The molecule has 0 aliphatic carbocycles. The Hall–Kier alpha value is -2.89. The van der Waals surface area contributed by atoms with E-state index in [-0.39, 0.29) is 5.04 Å². The Morgan fingerprint density at radius 2 is 1.41 bits per heavy atom. The molecule has 0 bridgehead atoms. The Morgan fingerprint density at radius 3 is 1.90 bits per heavy atom. The van der Waals surface area contributed by atoms with E-state index in [9.17, 15) is 4.79 Å². The minimum atomic E-state index is -2.61. The number of hydrogen-bond donors (Lipinski definition) is 1. The van der Waals surface area contributed by atoms with E-state index < -0.39 is 14.4 Å². The second kappa shape index (κ2) is 8.63. The van der Waals surface area contributed by atoms with E-state index in [2.05, 4.69) is 69.3 Å². The fourth-order valence-corrected chi connectivity index (χ4v) is 8.31. The topological polar surface area (TPSA) is 61.6 Å². The second-order valence-corrected chi connectivity index (χ2v) is 12.3. The lowest BCUT2D eigenvalue weighted by Crippen LogP contribution is -2.66. The molecule has 1 amide bonds. The van der Waals surface area contributed by atoms with Crippen molar-refractivity contribution in [3.05, 3.63) is 90.5 Å². The lowest BCUT2D eigenvalue weighted by molar-refractivity contribution is 0.210. The van der Waals surface area contributed by atoms with Gasteiger partial charge in [0, 0.05) is 0 Å². The Balaban J connectivity index is 2.04. The zero-order valence-electron chi connectivity index (χ0n) is 17.1. The van der Waals surface area contributed by atoms with Gasteiger partial charge in [-0.15, -0.1) is 0 Å². The molecule has 3 aromatic carbocycles. The molecule has 4 nitrogen and oxygen atoms in total. The molecule has 3 rings (SSSR count). The molecule has 0 unspecified atom stereocenters. The standard InChI is InChI=1S/C24H27NO3Si/c1-24(2,3)29(21-13-6-4-7-14-21,22-15-8-5-9-16-22)27-18-19-11-10-12-20(17-19)28-23(25)26/h4-17H,18H2,1-3H3,(H2,25,26). The number of rotatable bonds is 6. The molecule has 0 spiro atoms. The molecular formula is C24H27NO3Si. The molecule has 0 aliphatic rings. The summed E-state index contributed by atoms with van der Waals surface area (Å²) in [6.45, 7) is 7.13. The highest BCUT2D eigenvalue weighted by Crippen LogP contribution is 2.37. The average Bonchev–Trinajstić information content (AvgIpc) is 2.69. The van der Waals surface area contributed by atoms with Crippen molar-refractivity contribution in [3.63, 3.8) is 0 Å². The van der Waals surface area contributed by atoms with Gasteiger partial charge in [0.05, 0.1) is 6.61 Å². The quantitative estimate of drug-likeness (QED) is 0.625. The molecule has 29 heavy (non-hydrogen) atoms. The fraction of sp³-hybridized carbons (Fsp3) is 0.208. The van der Waals surface area contributed by atoms with Crippen LogP contribution in [0.25, 0.3) is 0 Å². The van der Waals surface area contributed by atoms with Gasteiger partial charge in [0.25, 0.3) is 8.32 Å². The molecule has 0 aliphatic heterocycles. The third-order valence-corrected chi connectivity index (χ3v) is 9.97. The Kier molecular flexibility index (Phi) is 6.20. The van der Waals surface area contributed by atoms with Gasteiger partial charge in [0.2, 0.25) is 0 Å². The summed E-state index contributed by atoms with van der Waals surface area (Å²) in [5, 5.41) is 2.35. The summed E-state index contributed by atoms with van der Waals surface area (Å²) < 4.78 is 11.9. The van der Waals surface area contributed by atoms with Crippen LogP contribution in [0.2, 0.25) is 5.04 Å². The molecule has 2 N–H and O–H groups in total. The number of nitrogens with two attached hydrogens (primary N) is 1. The molecule has 0 fully saturated rings. The number of hydrogen-bond acceptors (Lipinski definition) is 3. The van der Waals surface area contributed by atoms with E-state index in [4.69, 9.17) is 14.9 Å². The molecule has 0 saturated carbocycles. The molecule has 0 heterocycles. The Labute approximate surface area is 173 Å². The summed E-state index contributed by atoms with van der Waals surface area (Å²) in [5.41, 5.74) is 6.07. The Bertz CT molecular complexity index is 913. The van der Waals surface area contributed by atoms with Gasteiger partial charge in [-0.1, -0.05) is 93.6 Å². The van der Waals surface area contributed by atoms with Crippen LogP contribution in [0.4, 0.5) is 4.79 Å². The number of primary amides is 1. The van der Waals surface area contributed by atoms with Crippen LogP contribution in [-0.2, 0) is 11.0 Å². The van der Waals surface area contributed by atoms with Crippen molar-refractivity contribution < 1.29 is 14.0 Å². The third kappa shape index (κ3) is 4.58. The minimum absolute atomic E-state index is 0.100. The van der Waals surface area contributed by atoms with Gasteiger partial charge in [0.1, 0.15) is 5.75 Å². The highest BCUT2D eigenvalue weighted by Gasteiger charge is 2.50. The van der Waals surface area contributed by atoms with Crippen LogP contribution in [-0.4, -0.2) is 14.4 Å². The number of carbonyl (C=O) groups excluding carboxylic acids is 1. The maximum atomic E-state index is 11.1. The van der Waals surface area contributed by atoms with Crippen LogP contribution >= 0.6 is 0 Å². The molecule has 0 saturated heterocycles. The van der Waals surface area contributed by atoms with Crippen LogP contribution in [0.5, 0.6) is 5.75 Å². The number of benzene rings is 3. The van der Waals surface area contributed by atoms with Gasteiger partial charge in [-0.25, -0.2) is 4.79 Å². The van der Waals surface area contributed by atoms with Gasteiger partial charge in [-0.3, -0.25) is 0 Å². The van der Waals surface area contributed by atoms with Crippen LogP contribution in [0.1, 0.15) is 26.3 Å². The average molecular weight is 406 g/mol. The van der Waals surface area contributed by atoms with Gasteiger partial charge >= 0.3 is 6.09 Å². The van der Waals surface area contributed by atoms with E-state index in [0.29, 0.717) is 12.4 Å². The van der Waals surface area contributed by atoms with E-state index >= 15 is 0 Å². The predicted molar refractivity (Wildman–Crippen MR) is 119 cm³/mol. The van der Waals surface area contributed by atoms with Crippen molar-refractivity contribution in [1.29, 1.82) is 0 Å². The first kappa shape index (κ1) is 20.8. The Morgan fingerprint density at radius 1 is 0.862 bits per heavy atom. The zero-order chi connectivity index (χ0) is 20.9. The first-order valence-corrected chi connectivity index (χ1v) is 11.5. The maximum Gasteiger partial charge on any atom is 0.409 e. The SMILES string of the molecule is CC(C)(C)[Si](OCc1cccc(OC(N)=O)c1)(c1ccccc1)c1ccccc1. The van der Waals surface area contributed by atoms with Crippen LogP contribution in [0, 0.1) is 0 Å². The fourth-order valence-electron chi connectivity index (χ4n) is 3.77. The summed E-state index contributed by atoms with van der Waals surface area (Å²) in [6.07, 6.45) is -0.824. The lowest BCUT2D eigenvalue weighted by atomic mass is 10.2. The van der Waals surface area contributed by atoms with E-state index in [0.717, 1.165) is 5.56 Å². The maximum absolute atomic E-state index is 11.1. The van der Waals surface area contributed by atoms with Crippen molar-refractivity contribution >= 4 is 24.8 Å². The molecule has 5 heteroatoms. The first-order chi connectivity index (χ1) is 13.8. The largest absolute Gasteiger partial charge is 0.410 e. The predicted octanol–water partition coefficient (Wildman–Crippen LogP) is 4.22. The van der Waals surface area contributed by atoms with Crippen molar-refractivity contribution in [3.8, 4) is 5.75 Å².